The molecular formula is C20H23N3O5S. The van der Waals surface area contributed by atoms with Crippen LogP contribution in [0, 0.1) is 5.92 Å². The van der Waals surface area contributed by atoms with E-state index in [9.17, 15) is 18.0 Å². The number of nitrogens with one attached hydrogen (secondary N) is 3. The lowest BCUT2D eigenvalue weighted by Gasteiger charge is -2.29. The number of anilines is 1. The Morgan fingerprint density at radius 1 is 1.00 bits per heavy atom. The molecule has 8 nitrogen and oxygen atoms in total. The molecule has 2 aromatic rings. The van der Waals surface area contributed by atoms with E-state index in [2.05, 4.69) is 10.6 Å². The Bertz CT molecular complexity index is 955. The number of hydrogen-bond acceptors (Lipinski definition) is 6. The second-order valence-electron chi connectivity index (χ2n) is 6.87. The van der Waals surface area contributed by atoms with Crippen molar-refractivity contribution in [2.24, 2.45) is 5.92 Å². The van der Waals surface area contributed by atoms with Gasteiger partial charge in [0, 0.05) is 11.3 Å². The van der Waals surface area contributed by atoms with Crippen molar-refractivity contribution in [2.75, 3.05) is 18.4 Å². The van der Waals surface area contributed by atoms with Crippen LogP contribution in [0.2, 0.25) is 0 Å². The number of carbonyl (C=O) groups is 2. The molecule has 9 heteroatoms. The SMILES string of the molecule is O=C(Nc1ccc(S(=O)(=O)C(C(=O)NO)C2CCNCC2)cc1)c1ccccc1. The number of amides is 2. The molecule has 154 valence electrons. The van der Waals surface area contributed by atoms with Crippen molar-refractivity contribution in [3.63, 3.8) is 0 Å². The average Bonchev–Trinajstić information content (AvgIpc) is 2.75. The number of hydrogen-bond donors (Lipinski definition) is 4. The summed E-state index contributed by atoms with van der Waals surface area (Å²) in [6.45, 7) is 1.22. The van der Waals surface area contributed by atoms with Crippen molar-refractivity contribution >= 4 is 27.3 Å². The summed E-state index contributed by atoms with van der Waals surface area (Å²) in [6.07, 6.45) is 1.03. The summed E-state index contributed by atoms with van der Waals surface area (Å²) in [5, 5.41) is 13.5. The lowest BCUT2D eigenvalue weighted by atomic mass is 9.94. The van der Waals surface area contributed by atoms with Crippen LogP contribution in [0.25, 0.3) is 0 Å². The number of rotatable bonds is 6. The van der Waals surface area contributed by atoms with Crippen molar-refractivity contribution in [3.05, 3.63) is 60.2 Å². The minimum absolute atomic E-state index is 0.0395. The molecule has 4 N–H and O–H groups in total. The monoisotopic (exact) mass is 417 g/mol. The Morgan fingerprint density at radius 2 is 1.62 bits per heavy atom. The van der Waals surface area contributed by atoms with Gasteiger partial charge in [-0.25, -0.2) is 13.9 Å². The van der Waals surface area contributed by atoms with Crippen LogP contribution >= 0.6 is 0 Å². The van der Waals surface area contributed by atoms with Gasteiger partial charge in [0.25, 0.3) is 11.8 Å². The fourth-order valence-corrected chi connectivity index (χ4v) is 5.41. The van der Waals surface area contributed by atoms with Gasteiger partial charge in [-0.3, -0.25) is 14.8 Å². The van der Waals surface area contributed by atoms with Gasteiger partial charge in [0.1, 0.15) is 5.25 Å². The Kier molecular flexibility index (Phi) is 6.63. The highest BCUT2D eigenvalue weighted by atomic mass is 32.2. The number of benzene rings is 2. The first-order chi connectivity index (χ1) is 13.9. The van der Waals surface area contributed by atoms with Gasteiger partial charge in [0.2, 0.25) is 0 Å². The zero-order valence-electron chi connectivity index (χ0n) is 15.7. The van der Waals surface area contributed by atoms with Crippen LogP contribution in [-0.4, -0.2) is 43.8 Å². The van der Waals surface area contributed by atoms with Crippen molar-refractivity contribution in [1.82, 2.24) is 10.8 Å². The largest absolute Gasteiger partial charge is 0.322 e. The molecule has 1 fully saturated rings. The van der Waals surface area contributed by atoms with E-state index in [0.29, 0.717) is 37.2 Å². The normalized spacial score (nSPS) is 16.0. The molecule has 0 bridgehead atoms. The molecule has 3 rings (SSSR count). The zero-order chi connectivity index (χ0) is 20.9. The number of hydroxylamine groups is 1. The minimum Gasteiger partial charge on any atom is -0.322 e. The summed E-state index contributed by atoms with van der Waals surface area (Å²) in [5.74, 6) is -1.64. The Balaban J connectivity index is 1.80. The van der Waals surface area contributed by atoms with E-state index in [0.717, 1.165) is 0 Å². The van der Waals surface area contributed by atoms with E-state index in [1.54, 1.807) is 30.3 Å². The van der Waals surface area contributed by atoms with Gasteiger partial charge in [-0.15, -0.1) is 0 Å². The molecule has 0 saturated carbocycles. The first kappa shape index (κ1) is 21.0. The van der Waals surface area contributed by atoms with Gasteiger partial charge >= 0.3 is 0 Å². The smallest absolute Gasteiger partial charge is 0.262 e. The predicted molar refractivity (Wildman–Crippen MR) is 107 cm³/mol. The molecule has 1 aliphatic heterocycles. The molecular weight excluding hydrogens is 394 g/mol. The molecule has 2 amide bonds. The average molecular weight is 417 g/mol. The second-order valence-corrected chi connectivity index (χ2v) is 8.94. The summed E-state index contributed by atoms with van der Waals surface area (Å²) in [4.78, 5) is 24.4. The van der Waals surface area contributed by atoms with E-state index < -0.39 is 26.9 Å². The van der Waals surface area contributed by atoms with Crippen LogP contribution in [0.15, 0.2) is 59.5 Å². The Labute approximate surface area is 169 Å². The number of piperidine rings is 1. The highest BCUT2D eigenvalue weighted by Crippen LogP contribution is 2.28. The first-order valence-corrected chi connectivity index (χ1v) is 10.8. The molecule has 29 heavy (non-hydrogen) atoms. The maximum absolute atomic E-state index is 13.1. The summed E-state index contributed by atoms with van der Waals surface area (Å²) < 4.78 is 26.2. The molecule has 1 heterocycles. The molecule has 0 spiro atoms. The van der Waals surface area contributed by atoms with Crippen LogP contribution < -0.4 is 16.1 Å². The molecule has 1 atom stereocenters. The molecule has 1 unspecified atom stereocenters. The van der Waals surface area contributed by atoms with E-state index in [1.807, 2.05) is 0 Å². The third-order valence-corrected chi connectivity index (χ3v) is 7.19. The van der Waals surface area contributed by atoms with Gasteiger partial charge in [0.05, 0.1) is 4.90 Å². The Morgan fingerprint density at radius 3 is 2.21 bits per heavy atom. The van der Waals surface area contributed by atoms with Gasteiger partial charge in [-0.1, -0.05) is 18.2 Å². The lowest BCUT2D eigenvalue weighted by molar-refractivity contribution is -0.129. The van der Waals surface area contributed by atoms with Crippen LogP contribution in [0.1, 0.15) is 23.2 Å². The van der Waals surface area contributed by atoms with Gasteiger partial charge in [-0.2, -0.15) is 0 Å². The lowest BCUT2D eigenvalue weighted by Crippen LogP contribution is -2.46. The van der Waals surface area contributed by atoms with Crippen LogP contribution in [0.3, 0.4) is 0 Å². The van der Waals surface area contributed by atoms with Crippen molar-refractivity contribution in [2.45, 2.75) is 23.0 Å². The summed E-state index contributed by atoms with van der Waals surface area (Å²) in [5.41, 5.74) is 2.41. The molecule has 0 aromatic heterocycles. The number of sulfone groups is 1. The fourth-order valence-electron chi connectivity index (χ4n) is 3.49. The van der Waals surface area contributed by atoms with Crippen LogP contribution in [-0.2, 0) is 14.6 Å². The Hall–Kier alpha value is -2.75. The summed E-state index contributed by atoms with van der Waals surface area (Å²) in [6, 6.07) is 14.3. The zero-order valence-corrected chi connectivity index (χ0v) is 16.5. The molecule has 1 saturated heterocycles. The molecule has 0 radical (unpaired) electrons. The molecule has 2 aromatic carbocycles. The quantitative estimate of drug-likeness (QED) is 0.418. The summed E-state index contributed by atoms with van der Waals surface area (Å²) >= 11 is 0. The van der Waals surface area contributed by atoms with Crippen molar-refractivity contribution in [1.29, 1.82) is 0 Å². The third kappa shape index (κ3) is 4.81. The maximum Gasteiger partial charge on any atom is 0.262 e. The maximum atomic E-state index is 13.1. The summed E-state index contributed by atoms with van der Waals surface area (Å²) in [7, 11) is -4.02. The fraction of sp³-hybridized carbons (Fsp3) is 0.300. The topological polar surface area (TPSA) is 125 Å². The predicted octanol–water partition coefficient (Wildman–Crippen LogP) is 1.59. The van der Waals surface area contributed by atoms with Crippen LogP contribution in [0.5, 0.6) is 0 Å². The molecule has 1 aliphatic rings. The van der Waals surface area contributed by atoms with Crippen molar-refractivity contribution in [3.8, 4) is 0 Å². The highest BCUT2D eigenvalue weighted by molar-refractivity contribution is 7.92. The standard InChI is InChI=1S/C20H23N3O5S/c24-19(15-4-2-1-3-5-15)22-16-6-8-17(9-7-16)29(27,28)18(20(25)23-26)14-10-12-21-13-11-14/h1-9,14,18,21,26H,10-13H2,(H,22,24)(H,23,25). The number of carbonyl (C=O) groups excluding carboxylic acids is 2. The van der Waals surface area contributed by atoms with Crippen molar-refractivity contribution < 1.29 is 23.2 Å². The van der Waals surface area contributed by atoms with E-state index in [4.69, 9.17) is 5.21 Å². The van der Waals surface area contributed by atoms with E-state index in [-0.39, 0.29) is 10.8 Å². The van der Waals surface area contributed by atoms with E-state index >= 15 is 0 Å². The molecule has 0 aliphatic carbocycles. The van der Waals surface area contributed by atoms with E-state index in [1.165, 1.54) is 29.7 Å². The second kappa shape index (κ2) is 9.17. The van der Waals surface area contributed by atoms with Crippen LogP contribution in [0.4, 0.5) is 5.69 Å². The van der Waals surface area contributed by atoms with Gasteiger partial charge in [0.15, 0.2) is 9.84 Å². The third-order valence-electron chi connectivity index (χ3n) is 4.99. The first-order valence-electron chi connectivity index (χ1n) is 9.28. The van der Waals surface area contributed by atoms with Gasteiger partial charge in [-0.05, 0) is 68.2 Å². The minimum atomic E-state index is -4.02. The van der Waals surface area contributed by atoms with Gasteiger partial charge < -0.3 is 10.6 Å². The highest BCUT2D eigenvalue weighted by Gasteiger charge is 2.40.